The van der Waals surface area contributed by atoms with Gasteiger partial charge >= 0.3 is 18.1 Å². The average Bonchev–Trinajstić information content (AvgIpc) is 3.14. The molecule has 1 heterocycles. The van der Waals surface area contributed by atoms with Crippen molar-refractivity contribution in [3.63, 3.8) is 0 Å². The topological polar surface area (TPSA) is 116 Å². The Morgan fingerprint density at radius 3 is 2.23 bits per heavy atom. The molecule has 4 amide bonds. The summed E-state index contributed by atoms with van der Waals surface area (Å²) < 4.78 is 5.34. The van der Waals surface area contributed by atoms with Crippen LogP contribution in [-0.4, -0.2) is 63.1 Å². The van der Waals surface area contributed by atoms with Crippen molar-refractivity contribution in [1.82, 2.24) is 15.1 Å². The molecule has 1 aromatic rings. The van der Waals surface area contributed by atoms with E-state index >= 15 is 0 Å². The van der Waals surface area contributed by atoms with Crippen molar-refractivity contribution >= 4 is 24.0 Å². The number of carboxylic acid groups (broad SMARTS) is 1. The molecule has 35 heavy (non-hydrogen) atoms. The fraction of sp³-hybridized carbons (Fsp3) is 0.615. The zero-order valence-electron chi connectivity index (χ0n) is 21.5. The smallest absolute Gasteiger partial charge is 0.408 e. The van der Waals surface area contributed by atoms with Crippen LogP contribution in [0.15, 0.2) is 30.3 Å². The highest BCUT2D eigenvalue weighted by Gasteiger charge is 2.48. The van der Waals surface area contributed by atoms with Crippen molar-refractivity contribution in [2.75, 3.05) is 6.54 Å². The summed E-state index contributed by atoms with van der Waals surface area (Å²) >= 11 is 0. The first-order chi connectivity index (χ1) is 16.6. The second kappa shape index (κ2) is 12.6. The molecule has 9 heteroatoms. The Labute approximate surface area is 207 Å². The number of nitrogens with one attached hydrogen (secondary N) is 1. The number of hydrogen-bond donors (Lipinski definition) is 2. The summed E-state index contributed by atoms with van der Waals surface area (Å²) in [4.78, 5) is 53.5. The summed E-state index contributed by atoms with van der Waals surface area (Å²) in [6.45, 7) is 9.24. The molecule has 1 aromatic carbocycles. The maximum Gasteiger partial charge on any atom is 0.408 e. The molecular weight excluding hydrogens is 450 g/mol. The van der Waals surface area contributed by atoms with E-state index in [1.54, 1.807) is 20.8 Å². The van der Waals surface area contributed by atoms with Gasteiger partial charge < -0.3 is 20.1 Å². The number of benzene rings is 1. The van der Waals surface area contributed by atoms with Gasteiger partial charge in [0.25, 0.3) is 5.91 Å². The van der Waals surface area contributed by atoms with E-state index in [-0.39, 0.29) is 19.0 Å². The molecule has 1 aliphatic carbocycles. The standard InChI is InChI=1S/C24H33N3O6.C2H6/c1-24(2,3)33-22(31)25-19(17-12-8-5-9-13-17)20(28)27-18(21(29)30)15-26(23(27)32)14-16-10-6-4-7-11-16;1-2/h4,6-7,10-11,17-19H,5,8-9,12-15H2,1-3H3,(H,25,31)(H,29,30);1-2H3. The molecule has 0 bridgehead atoms. The molecule has 3 rings (SSSR count). The van der Waals surface area contributed by atoms with E-state index in [1.165, 1.54) is 4.90 Å². The minimum Gasteiger partial charge on any atom is -0.480 e. The highest BCUT2D eigenvalue weighted by molar-refractivity contribution is 6.03. The van der Waals surface area contributed by atoms with Gasteiger partial charge in [0.15, 0.2) is 6.04 Å². The fourth-order valence-electron chi connectivity index (χ4n) is 4.46. The van der Waals surface area contributed by atoms with E-state index in [2.05, 4.69) is 5.32 Å². The average molecular weight is 490 g/mol. The van der Waals surface area contributed by atoms with Crippen LogP contribution >= 0.6 is 0 Å². The molecule has 1 saturated heterocycles. The van der Waals surface area contributed by atoms with Crippen molar-refractivity contribution < 1.29 is 29.0 Å². The molecule has 2 unspecified atom stereocenters. The van der Waals surface area contributed by atoms with Crippen LogP contribution in [0, 0.1) is 5.92 Å². The van der Waals surface area contributed by atoms with Crippen molar-refractivity contribution in [3.8, 4) is 0 Å². The van der Waals surface area contributed by atoms with Gasteiger partial charge in [-0.05, 0) is 45.1 Å². The Kier molecular flexibility index (Phi) is 10.1. The lowest BCUT2D eigenvalue weighted by Crippen LogP contribution is -2.57. The van der Waals surface area contributed by atoms with Crippen molar-refractivity contribution in [2.45, 2.75) is 91.0 Å². The zero-order valence-corrected chi connectivity index (χ0v) is 21.5. The Hall–Kier alpha value is -3.10. The number of rotatable bonds is 6. The van der Waals surface area contributed by atoms with Crippen LogP contribution in [0.5, 0.6) is 0 Å². The van der Waals surface area contributed by atoms with Gasteiger partial charge in [0.1, 0.15) is 11.6 Å². The first kappa shape index (κ1) is 28.1. The summed E-state index contributed by atoms with van der Waals surface area (Å²) in [5.74, 6) is -2.14. The third kappa shape index (κ3) is 7.70. The number of carboxylic acids is 1. The number of amides is 4. The van der Waals surface area contributed by atoms with Gasteiger partial charge in [0.05, 0.1) is 6.54 Å². The highest BCUT2D eigenvalue weighted by Crippen LogP contribution is 2.30. The lowest BCUT2D eigenvalue weighted by atomic mass is 9.83. The number of imide groups is 1. The number of ether oxygens (including phenoxy) is 1. The predicted molar refractivity (Wildman–Crippen MR) is 132 cm³/mol. The molecular formula is C26H39N3O6. The molecule has 1 aliphatic heterocycles. The van der Waals surface area contributed by atoms with Crippen molar-refractivity contribution in [2.24, 2.45) is 5.92 Å². The van der Waals surface area contributed by atoms with Gasteiger partial charge in [-0.25, -0.2) is 19.3 Å². The Balaban J connectivity index is 0.00000210. The maximum atomic E-state index is 13.6. The van der Waals surface area contributed by atoms with Crippen LogP contribution in [0.2, 0.25) is 0 Å². The summed E-state index contributed by atoms with van der Waals surface area (Å²) in [5.41, 5.74) is 0.0732. The molecule has 1 saturated carbocycles. The molecule has 2 atom stereocenters. The van der Waals surface area contributed by atoms with Crippen LogP contribution in [-0.2, 0) is 20.9 Å². The molecule has 0 aromatic heterocycles. The number of hydrogen-bond acceptors (Lipinski definition) is 5. The first-order valence-electron chi connectivity index (χ1n) is 12.4. The molecule has 9 nitrogen and oxygen atoms in total. The fourth-order valence-corrected chi connectivity index (χ4v) is 4.46. The number of urea groups is 1. The second-order valence-corrected chi connectivity index (χ2v) is 9.73. The number of nitrogens with zero attached hydrogens (tertiary/aromatic N) is 2. The molecule has 194 valence electrons. The number of aliphatic carboxylic acids is 1. The number of carbonyl (C=O) groups excluding carboxylic acids is 3. The lowest BCUT2D eigenvalue weighted by molar-refractivity contribution is -0.147. The monoisotopic (exact) mass is 489 g/mol. The van der Waals surface area contributed by atoms with Crippen LogP contribution in [0.3, 0.4) is 0 Å². The van der Waals surface area contributed by atoms with Gasteiger partial charge in [-0.1, -0.05) is 63.4 Å². The largest absolute Gasteiger partial charge is 0.480 e. The lowest BCUT2D eigenvalue weighted by Gasteiger charge is -2.33. The number of alkyl carbamates (subject to hydrolysis) is 1. The third-order valence-electron chi connectivity index (χ3n) is 5.98. The van der Waals surface area contributed by atoms with E-state index in [1.807, 2.05) is 44.2 Å². The van der Waals surface area contributed by atoms with Crippen LogP contribution in [0.1, 0.15) is 72.3 Å². The second-order valence-electron chi connectivity index (χ2n) is 9.73. The van der Waals surface area contributed by atoms with Gasteiger partial charge in [-0.15, -0.1) is 0 Å². The van der Waals surface area contributed by atoms with Crippen molar-refractivity contribution in [1.29, 1.82) is 0 Å². The minimum atomic E-state index is -1.32. The highest BCUT2D eigenvalue weighted by atomic mass is 16.6. The quantitative estimate of drug-likeness (QED) is 0.612. The third-order valence-corrected chi connectivity index (χ3v) is 5.98. The molecule has 0 radical (unpaired) electrons. The Bertz CT molecular complexity index is 877. The minimum absolute atomic E-state index is 0.112. The van der Waals surface area contributed by atoms with E-state index in [0.29, 0.717) is 12.8 Å². The Morgan fingerprint density at radius 1 is 1.09 bits per heavy atom. The summed E-state index contributed by atoms with van der Waals surface area (Å²) in [5, 5.41) is 12.4. The Morgan fingerprint density at radius 2 is 1.69 bits per heavy atom. The van der Waals surface area contributed by atoms with E-state index in [0.717, 1.165) is 29.7 Å². The van der Waals surface area contributed by atoms with Gasteiger partial charge in [0.2, 0.25) is 0 Å². The molecule has 2 fully saturated rings. The zero-order chi connectivity index (χ0) is 26.2. The summed E-state index contributed by atoms with van der Waals surface area (Å²) in [6.07, 6.45) is 3.50. The normalized spacial score (nSPS) is 19.5. The van der Waals surface area contributed by atoms with Gasteiger partial charge in [-0.3, -0.25) is 4.79 Å². The van der Waals surface area contributed by atoms with Gasteiger partial charge in [-0.2, -0.15) is 0 Å². The SMILES string of the molecule is CC.CC(C)(C)OC(=O)NC(C(=O)N1C(=O)N(Cc2ccccc2)CC1C(=O)O)C1CCCCC1. The van der Waals surface area contributed by atoms with E-state index < -0.39 is 41.7 Å². The van der Waals surface area contributed by atoms with Crippen molar-refractivity contribution in [3.05, 3.63) is 35.9 Å². The van der Waals surface area contributed by atoms with Crippen LogP contribution in [0.4, 0.5) is 9.59 Å². The first-order valence-corrected chi connectivity index (χ1v) is 12.4. The number of carbonyl (C=O) groups is 4. The predicted octanol–water partition coefficient (Wildman–Crippen LogP) is 4.40. The molecule has 2 N–H and O–H groups in total. The summed E-state index contributed by atoms with van der Waals surface area (Å²) in [6, 6.07) is 6.17. The van der Waals surface area contributed by atoms with E-state index in [4.69, 9.17) is 4.74 Å². The summed E-state index contributed by atoms with van der Waals surface area (Å²) in [7, 11) is 0. The van der Waals surface area contributed by atoms with Crippen LogP contribution in [0.25, 0.3) is 0 Å². The van der Waals surface area contributed by atoms with E-state index in [9.17, 15) is 24.3 Å². The van der Waals surface area contributed by atoms with Crippen LogP contribution < -0.4 is 5.32 Å². The maximum absolute atomic E-state index is 13.6. The molecule has 0 spiro atoms. The van der Waals surface area contributed by atoms with Gasteiger partial charge in [0, 0.05) is 6.54 Å². The molecule has 2 aliphatic rings.